The summed E-state index contributed by atoms with van der Waals surface area (Å²) in [5.41, 5.74) is 0.213. The van der Waals surface area contributed by atoms with Gasteiger partial charge < -0.3 is 10.1 Å². The van der Waals surface area contributed by atoms with E-state index in [2.05, 4.69) is 26.3 Å². The maximum Gasteiger partial charge on any atom is 0.287 e. The lowest BCUT2D eigenvalue weighted by Gasteiger charge is -2.09. The van der Waals surface area contributed by atoms with Crippen LogP contribution in [0.25, 0.3) is 0 Å². The van der Waals surface area contributed by atoms with E-state index >= 15 is 0 Å². The number of hydrogen-bond acceptors (Lipinski definition) is 5. The average molecular weight is 379 g/mol. The van der Waals surface area contributed by atoms with E-state index in [0.717, 1.165) is 9.35 Å². The number of thiophene rings is 1. The summed E-state index contributed by atoms with van der Waals surface area (Å²) in [5.74, 6) is 0. The van der Waals surface area contributed by atoms with Crippen molar-refractivity contribution in [2.24, 2.45) is 0 Å². The Hall–Kier alpha value is -0.890. The summed E-state index contributed by atoms with van der Waals surface area (Å²) in [7, 11) is 1.57. The highest BCUT2D eigenvalue weighted by Crippen LogP contribution is 2.24. The van der Waals surface area contributed by atoms with Crippen molar-refractivity contribution >= 4 is 44.6 Å². The number of anilines is 1. The predicted molar refractivity (Wildman–Crippen MR) is 84.7 cm³/mol. The first-order valence-electron chi connectivity index (χ1n) is 5.83. The molecule has 0 amide bonds. The zero-order valence-electron chi connectivity index (χ0n) is 10.7. The van der Waals surface area contributed by atoms with Crippen LogP contribution in [-0.2, 0) is 17.8 Å². The minimum atomic E-state index is -0.320. The molecule has 0 radical (unpaired) electrons. The summed E-state index contributed by atoms with van der Waals surface area (Å²) in [4.78, 5) is 13.1. The molecule has 2 heterocycles. The number of ether oxygens (including phenoxy) is 1. The highest BCUT2D eigenvalue weighted by Gasteiger charge is 2.10. The van der Waals surface area contributed by atoms with Gasteiger partial charge in [-0.3, -0.25) is 4.79 Å². The molecule has 0 aliphatic heterocycles. The molecule has 2 aromatic rings. The largest absolute Gasteiger partial charge is 0.383 e. The van der Waals surface area contributed by atoms with Crippen LogP contribution in [0.4, 0.5) is 5.69 Å². The van der Waals surface area contributed by atoms with Gasteiger partial charge >= 0.3 is 0 Å². The van der Waals surface area contributed by atoms with Crippen LogP contribution in [0.5, 0.6) is 0 Å². The number of halogens is 2. The number of methoxy groups -OCH3 is 1. The molecule has 108 valence electrons. The lowest BCUT2D eigenvalue weighted by atomic mass is 10.4. The minimum Gasteiger partial charge on any atom is -0.383 e. The van der Waals surface area contributed by atoms with Crippen LogP contribution in [0.3, 0.4) is 0 Å². The van der Waals surface area contributed by atoms with Gasteiger partial charge in [-0.05, 0) is 27.4 Å². The molecule has 0 aliphatic rings. The molecule has 5 nitrogen and oxygen atoms in total. The third-order valence-corrected chi connectivity index (χ3v) is 4.91. The molecule has 2 aromatic heterocycles. The summed E-state index contributed by atoms with van der Waals surface area (Å²) in [6.07, 6.45) is 1.56. The van der Waals surface area contributed by atoms with Crippen LogP contribution >= 0.6 is 38.9 Å². The zero-order valence-corrected chi connectivity index (χ0v) is 13.9. The van der Waals surface area contributed by atoms with Gasteiger partial charge in [0.1, 0.15) is 5.02 Å². The van der Waals surface area contributed by atoms with E-state index in [-0.39, 0.29) is 10.6 Å². The second-order valence-corrected chi connectivity index (χ2v) is 6.17. The van der Waals surface area contributed by atoms with E-state index in [0.29, 0.717) is 25.4 Å². The monoisotopic (exact) mass is 377 g/mol. The van der Waals surface area contributed by atoms with Crippen LogP contribution in [0.1, 0.15) is 4.88 Å². The Kier molecular flexibility index (Phi) is 5.59. The predicted octanol–water partition coefficient (Wildman–Crippen LogP) is 2.98. The van der Waals surface area contributed by atoms with Crippen LogP contribution < -0.4 is 10.9 Å². The first-order chi connectivity index (χ1) is 9.63. The van der Waals surface area contributed by atoms with Gasteiger partial charge in [-0.2, -0.15) is 5.10 Å². The molecule has 2 rings (SSSR count). The second kappa shape index (κ2) is 7.21. The van der Waals surface area contributed by atoms with Crippen molar-refractivity contribution in [1.82, 2.24) is 9.78 Å². The molecule has 0 aromatic carbocycles. The van der Waals surface area contributed by atoms with Crippen molar-refractivity contribution in [3.63, 3.8) is 0 Å². The maximum absolute atomic E-state index is 12.0. The fourth-order valence-corrected chi connectivity index (χ4v) is 3.20. The second-order valence-electron chi connectivity index (χ2n) is 3.94. The van der Waals surface area contributed by atoms with Gasteiger partial charge in [-0.15, -0.1) is 11.3 Å². The summed E-state index contributed by atoms with van der Waals surface area (Å²) in [6, 6.07) is 1.98. The lowest BCUT2D eigenvalue weighted by molar-refractivity contribution is 0.182. The molecule has 0 aliphatic carbocycles. The van der Waals surface area contributed by atoms with Crippen LogP contribution in [0, 0.1) is 0 Å². The summed E-state index contributed by atoms with van der Waals surface area (Å²) < 4.78 is 7.24. The lowest BCUT2D eigenvalue weighted by Crippen LogP contribution is -2.26. The van der Waals surface area contributed by atoms with E-state index in [1.807, 2.05) is 11.4 Å². The van der Waals surface area contributed by atoms with Gasteiger partial charge in [0.2, 0.25) is 0 Å². The van der Waals surface area contributed by atoms with E-state index in [4.69, 9.17) is 16.3 Å². The number of aromatic nitrogens is 2. The van der Waals surface area contributed by atoms with E-state index in [1.54, 1.807) is 24.6 Å². The molecule has 0 saturated carbocycles. The SMILES string of the molecule is COCCn1ncc(NCc2sccc2Br)c(Cl)c1=O. The average Bonchev–Trinajstić information content (AvgIpc) is 2.85. The van der Waals surface area contributed by atoms with Gasteiger partial charge in [0.25, 0.3) is 5.56 Å². The van der Waals surface area contributed by atoms with Gasteiger partial charge in [0.05, 0.1) is 31.6 Å². The third-order valence-electron chi connectivity index (χ3n) is 2.62. The van der Waals surface area contributed by atoms with Crippen molar-refractivity contribution < 1.29 is 4.74 Å². The van der Waals surface area contributed by atoms with Crippen LogP contribution in [-0.4, -0.2) is 23.5 Å². The first kappa shape index (κ1) is 15.5. The first-order valence-corrected chi connectivity index (χ1v) is 7.89. The highest BCUT2D eigenvalue weighted by molar-refractivity contribution is 9.10. The van der Waals surface area contributed by atoms with E-state index in [9.17, 15) is 4.79 Å². The quantitative estimate of drug-likeness (QED) is 0.839. The van der Waals surface area contributed by atoms with Crippen molar-refractivity contribution in [1.29, 1.82) is 0 Å². The van der Waals surface area contributed by atoms with Crippen molar-refractivity contribution in [2.45, 2.75) is 13.1 Å². The molecule has 0 unspecified atom stereocenters. The molecule has 0 bridgehead atoms. The number of hydrogen-bond donors (Lipinski definition) is 1. The van der Waals surface area contributed by atoms with Gasteiger partial charge in [-0.1, -0.05) is 11.6 Å². The Balaban J connectivity index is 2.11. The molecular weight excluding hydrogens is 366 g/mol. The number of rotatable bonds is 6. The molecule has 1 N–H and O–H groups in total. The summed E-state index contributed by atoms with van der Waals surface area (Å²) >= 11 is 11.1. The molecule has 0 fully saturated rings. The standard InChI is InChI=1S/C12H13BrClN3O2S/c1-19-4-3-17-12(18)11(14)9(6-16-17)15-7-10-8(13)2-5-20-10/h2,5-6,15H,3-4,7H2,1H3. The van der Waals surface area contributed by atoms with Crippen molar-refractivity contribution in [3.8, 4) is 0 Å². The number of nitrogens with one attached hydrogen (secondary N) is 1. The van der Waals surface area contributed by atoms with Gasteiger partial charge in [-0.25, -0.2) is 4.68 Å². The van der Waals surface area contributed by atoms with Crippen LogP contribution in [0.15, 0.2) is 26.9 Å². The molecular formula is C12H13BrClN3O2S. The molecule has 8 heteroatoms. The Labute approximate surface area is 133 Å². The minimum absolute atomic E-state index is 0.142. The summed E-state index contributed by atoms with van der Waals surface area (Å²) in [5, 5.41) is 9.32. The third kappa shape index (κ3) is 3.60. The Bertz CT molecular complexity index is 644. The van der Waals surface area contributed by atoms with E-state index < -0.39 is 0 Å². The zero-order chi connectivity index (χ0) is 14.5. The molecule has 0 spiro atoms. The molecule has 20 heavy (non-hydrogen) atoms. The fourth-order valence-electron chi connectivity index (χ4n) is 1.55. The Morgan fingerprint density at radius 2 is 2.40 bits per heavy atom. The Morgan fingerprint density at radius 3 is 3.05 bits per heavy atom. The van der Waals surface area contributed by atoms with Crippen LogP contribution in [0.2, 0.25) is 5.02 Å². The van der Waals surface area contributed by atoms with Crippen molar-refractivity contribution in [2.75, 3.05) is 19.0 Å². The van der Waals surface area contributed by atoms with Crippen molar-refractivity contribution in [3.05, 3.63) is 42.4 Å². The normalized spacial score (nSPS) is 10.8. The smallest absolute Gasteiger partial charge is 0.287 e. The highest BCUT2D eigenvalue weighted by atomic mass is 79.9. The topological polar surface area (TPSA) is 56.1 Å². The number of nitrogens with zero attached hydrogens (tertiary/aromatic N) is 2. The van der Waals surface area contributed by atoms with Gasteiger partial charge in [0.15, 0.2) is 0 Å². The van der Waals surface area contributed by atoms with Gasteiger partial charge in [0, 0.05) is 16.5 Å². The maximum atomic E-state index is 12.0. The fraction of sp³-hybridized carbons (Fsp3) is 0.333. The summed E-state index contributed by atoms with van der Waals surface area (Å²) in [6.45, 7) is 1.38. The molecule has 0 saturated heterocycles. The van der Waals surface area contributed by atoms with E-state index in [1.165, 1.54) is 4.68 Å². The molecule has 0 atom stereocenters. The Morgan fingerprint density at radius 1 is 1.60 bits per heavy atom.